The van der Waals surface area contributed by atoms with Crippen LogP contribution in [0.15, 0.2) is 66.7 Å². The Bertz CT molecular complexity index is 1300. The van der Waals surface area contributed by atoms with Crippen LogP contribution < -0.4 is 5.32 Å². The van der Waals surface area contributed by atoms with Gasteiger partial charge in [0.25, 0.3) is 5.91 Å². The number of benzene rings is 3. The molecule has 3 rings (SSSR count). The van der Waals surface area contributed by atoms with E-state index in [1.54, 1.807) is 18.2 Å². The van der Waals surface area contributed by atoms with E-state index in [9.17, 15) is 23.3 Å². The van der Waals surface area contributed by atoms with Gasteiger partial charge in [-0.1, -0.05) is 42.5 Å². The van der Waals surface area contributed by atoms with Gasteiger partial charge in [0.15, 0.2) is 8.69 Å². The van der Waals surface area contributed by atoms with E-state index in [-0.39, 0.29) is 6.42 Å². The second-order valence-electron chi connectivity index (χ2n) is 8.08. The second kappa shape index (κ2) is 13.8. The lowest BCUT2D eigenvalue weighted by molar-refractivity contribution is -0.462. The van der Waals surface area contributed by atoms with Crippen molar-refractivity contribution in [3.8, 4) is 0 Å². The lowest BCUT2D eigenvalue weighted by Crippen LogP contribution is -2.47. The number of rotatable bonds is 13. The van der Waals surface area contributed by atoms with Crippen LogP contribution in [-0.4, -0.2) is 43.4 Å². The highest BCUT2D eigenvalue weighted by atomic mass is 31.1. The SMILES string of the molecule is CC(=O)OCOC(OCC(Cc1cccc(F)c1)NC(=O)c1ccc2ccccc2c1)(O[PH2]=O)OC(C)=O. The summed E-state index contributed by atoms with van der Waals surface area (Å²) in [7, 11) is -2.01. The molecular formula is C26H27FNO9P. The van der Waals surface area contributed by atoms with Crippen molar-refractivity contribution in [2.45, 2.75) is 32.5 Å². The number of ether oxygens (including phenoxy) is 4. The summed E-state index contributed by atoms with van der Waals surface area (Å²) in [6.07, 6.45) is -2.52. The Labute approximate surface area is 219 Å². The minimum atomic E-state index is -2.62. The summed E-state index contributed by atoms with van der Waals surface area (Å²) in [5.41, 5.74) is 0.900. The third kappa shape index (κ3) is 8.74. The number of hydrogen-bond donors (Lipinski definition) is 1. The molecule has 0 spiro atoms. The number of carbonyl (C=O) groups excluding carboxylic acids is 3. The molecule has 0 saturated carbocycles. The molecule has 1 amide bonds. The molecule has 12 heteroatoms. The van der Waals surface area contributed by atoms with E-state index < -0.39 is 58.0 Å². The fraction of sp³-hybridized carbons (Fsp3) is 0.269. The van der Waals surface area contributed by atoms with Crippen molar-refractivity contribution in [1.29, 1.82) is 0 Å². The molecule has 0 aromatic heterocycles. The molecule has 0 aliphatic heterocycles. The fourth-order valence-electron chi connectivity index (χ4n) is 3.51. The standard InChI is InChI=1S/C26H27FNO9P/c1-17(29)33-16-35-26(37-38-32,36-18(2)30)34-15-24(13-19-6-5-9-23(27)12-19)28-25(31)22-11-10-20-7-3-4-8-21(20)14-22/h3-12,14,24H,13,15-16,38H2,1-2H3,(H,28,31). The summed E-state index contributed by atoms with van der Waals surface area (Å²) in [4.78, 5) is 36.0. The molecule has 3 aromatic rings. The van der Waals surface area contributed by atoms with Gasteiger partial charge in [0.05, 0.1) is 12.6 Å². The normalized spacial score (nSPS) is 13.7. The average molecular weight is 547 g/mol. The molecule has 0 saturated heterocycles. The predicted octanol–water partition coefficient (Wildman–Crippen LogP) is 3.74. The number of carbonyl (C=O) groups is 3. The van der Waals surface area contributed by atoms with Gasteiger partial charge in [-0.3, -0.25) is 28.4 Å². The van der Waals surface area contributed by atoms with E-state index in [0.717, 1.165) is 24.6 Å². The van der Waals surface area contributed by atoms with Gasteiger partial charge in [0, 0.05) is 19.4 Å². The molecule has 0 heterocycles. The first kappa shape index (κ1) is 28.9. The maximum Gasteiger partial charge on any atom is 0.471 e. The van der Waals surface area contributed by atoms with E-state index in [4.69, 9.17) is 18.7 Å². The monoisotopic (exact) mass is 547 g/mol. The number of fused-ring (bicyclic) bond motifs is 1. The van der Waals surface area contributed by atoms with E-state index in [1.165, 1.54) is 18.2 Å². The molecule has 3 aromatic carbocycles. The molecule has 38 heavy (non-hydrogen) atoms. The molecule has 202 valence electrons. The molecule has 0 fully saturated rings. The zero-order valence-corrected chi connectivity index (χ0v) is 21.8. The van der Waals surface area contributed by atoms with Crippen molar-refractivity contribution in [2.75, 3.05) is 13.4 Å². The van der Waals surface area contributed by atoms with Gasteiger partial charge in [0.2, 0.25) is 6.79 Å². The van der Waals surface area contributed by atoms with Crippen molar-refractivity contribution in [3.05, 3.63) is 83.7 Å². The first-order valence-corrected chi connectivity index (χ1v) is 12.4. The van der Waals surface area contributed by atoms with Crippen LogP contribution in [0.1, 0.15) is 29.8 Å². The Morgan fingerprint density at radius 2 is 1.71 bits per heavy atom. The van der Waals surface area contributed by atoms with Gasteiger partial charge in [-0.05, 0) is 47.0 Å². The van der Waals surface area contributed by atoms with E-state index in [1.807, 2.05) is 30.3 Å². The van der Waals surface area contributed by atoms with Crippen LogP contribution in [-0.2, 0) is 44.0 Å². The maximum atomic E-state index is 13.8. The minimum absolute atomic E-state index is 0.0986. The summed E-state index contributed by atoms with van der Waals surface area (Å²) in [6, 6.07) is 17.6. The van der Waals surface area contributed by atoms with Crippen LogP contribution in [0.3, 0.4) is 0 Å². The summed E-state index contributed by atoms with van der Waals surface area (Å²) >= 11 is 0. The summed E-state index contributed by atoms with van der Waals surface area (Å²) in [6.45, 7) is 1.000. The Hall–Kier alpha value is -3.63. The number of nitrogens with one attached hydrogen (secondary N) is 1. The molecule has 3 atom stereocenters. The maximum absolute atomic E-state index is 13.8. The van der Waals surface area contributed by atoms with Crippen LogP contribution in [0.4, 0.5) is 4.39 Å². The summed E-state index contributed by atoms with van der Waals surface area (Å²) in [5.74, 6) is -2.54. The van der Waals surface area contributed by atoms with Crippen LogP contribution in [0, 0.1) is 5.82 Å². The third-order valence-electron chi connectivity index (χ3n) is 5.14. The van der Waals surface area contributed by atoms with Gasteiger partial charge in [-0.25, -0.2) is 8.91 Å². The van der Waals surface area contributed by atoms with E-state index >= 15 is 0 Å². The predicted molar refractivity (Wildman–Crippen MR) is 135 cm³/mol. The van der Waals surface area contributed by atoms with Crippen molar-refractivity contribution in [3.63, 3.8) is 0 Å². The van der Waals surface area contributed by atoms with Gasteiger partial charge in [-0.15, -0.1) is 0 Å². The molecule has 0 aliphatic carbocycles. The summed E-state index contributed by atoms with van der Waals surface area (Å²) < 4.78 is 50.5. The quantitative estimate of drug-likeness (QED) is 0.193. The third-order valence-corrected chi connectivity index (χ3v) is 5.52. The topological polar surface area (TPSA) is 126 Å². The number of amides is 1. The molecule has 0 radical (unpaired) electrons. The Morgan fingerprint density at radius 1 is 0.947 bits per heavy atom. The minimum Gasteiger partial charge on any atom is -0.438 e. The molecule has 0 bridgehead atoms. The molecule has 10 nitrogen and oxygen atoms in total. The van der Waals surface area contributed by atoms with Crippen LogP contribution in [0.2, 0.25) is 0 Å². The second-order valence-corrected chi connectivity index (χ2v) is 8.51. The molecule has 3 unspecified atom stereocenters. The summed E-state index contributed by atoms with van der Waals surface area (Å²) in [5, 5.41) is 4.63. The van der Waals surface area contributed by atoms with E-state index in [0.29, 0.717) is 11.1 Å². The largest absolute Gasteiger partial charge is 0.471 e. The van der Waals surface area contributed by atoms with Crippen LogP contribution in [0.5, 0.6) is 0 Å². The Morgan fingerprint density at radius 3 is 2.39 bits per heavy atom. The Kier molecular flexibility index (Phi) is 10.5. The van der Waals surface area contributed by atoms with E-state index in [2.05, 4.69) is 10.1 Å². The van der Waals surface area contributed by atoms with Crippen molar-refractivity contribution in [2.24, 2.45) is 0 Å². The zero-order valence-electron chi connectivity index (χ0n) is 20.7. The zero-order chi connectivity index (χ0) is 27.5. The van der Waals surface area contributed by atoms with Crippen LogP contribution in [0.25, 0.3) is 10.8 Å². The number of halogens is 1. The van der Waals surface area contributed by atoms with Gasteiger partial charge < -0.3 is 14.8 Å². The Balaban J connectivity index is 1.83. The highest BCUT2D eigenvalue weighted by Gasteiger charge is 2.40. The molecule has 0 aliphatic rings. The number of hydrogen-bond acceptors (Lipinski definition) is 9. The lowest BCUT2D eigenvalue weighted by Gasteiger charge is -2.30. The highest BCUT2D eigenvalue weighted by molar-refractivity contribution is 7.17. The molecular weight excluding hydrogens is 520 g/mol. The van der Waals surface area contributed by atoms with Gasteiger partial charge in [-0.2, -0.15) is 0 Å². The fourth-order valence-corrected chi connectivity index (χ4v) is 3.82. The van der Waals surface area contributed by atoms with Crippen molar-refractivity contribution in [1.82, 2.24) is 5.32 Å². The highest BCUT2D eigenvalue weighted by Crippen LogP contribution is 2.24. The molecule has 1 N–H and O–H groups in total. The van der Waals surface area contributed by atoms with Crippen molar-refractivity contribution < 1.29 is 46.8 Å². The number of esters is 2. The smallest absolute Gasteiger partial charge is 0.438 e. The first-order chi connectivity index (χ1) is 18.2. The lowest BCUT2D eigenvalue weighted by atomic mass is 10.0. The van der Waals surface area contributed by atoms with Crippen molar-refractivity contribution >= 4 is 37.3 Å². The van der Waals surface area contributed by atoms with Crippen LogP contribution >= 0.6 is 8.69 Å². The average Bonchev–Trinajstić information content (AvgIpc) is 2.86. The first-order valence-electron chi connectivity index (χ1n) is 11.5. The van der Waals surface area contributed by atoms with Gasteiger partial charge >= 0.3 is 18.1 Å². The van der Waals surface area contributed by atoms with Gasteiger partial charge in [0.1, 0.15) is 5.82 Å².